The second kappa shape index (κ2) is 6.85. The monoisotopic (exact) mass is 291 g/mol. The molecule has 0 aliphatic carbocycles. The van der Waals surface area contributed by atoms with Crippen LogP contribution in [-0.4, -0.2) is 37.1 Å². The molecule has 0 spiro atoms. The third-order valence-electron chi connectivity index (χ3n) is 3.72. The molecule has 1 aromatic rings. The lowest BCUT2D eigenvalue weighted by atomic mass is 9.93. The number of hydrogen-bond donors (Lipinski definition) is 0. The van der Waals surface area contributed by atoms with Crippen molar-refractivity contribution < 1.29 is 13.9 Å². The predicted octanol–water partition coefficient (Wildman–Crippen LogP) is 3.03. The molecule has 0 atom stereocenters. The van der Waals surface area contributed by atoms with E-state index in [2.05, 4.69) is 0 Å². The third kappa shape index (κ3) is 3.91. The fourth-order valence-corrected chi connectivity index (χ4v) is 2.42. The van der Waals surface area contributed by atoms with Crippen molar-refractivity contribution in [3.63, 3.8) is 0 Å². The maximum Gasteiger partial charge on any atom is 0.247 e. The largest absolute Gasteiger partial charge is 0.378 e. The summed E-state index contributed by atoms with van der Waals surface area (Å²) in [5.41, 5.74) is 2.44. The molecule has 21 heavy (non-hydrogen) atoms. The van der Waals surface area contributed by atoms with Gasteiger partial charge in [0, 0.05) is 19.2 Å². The molecule has 114 valence electrons. The summed E-state index contributed by atoms with van der Waals surface area (Å²) in [6.07, 6.45) is 1.68. The van der Waals surface area contributed by atoms with E-state index in [1.807, 2.05) is 13.8 Å². The van der Waals surface area contributed by atoms with Crippen molar-refractivity contribution in [1.29, 1.82) is 0 Å². The van der Waals surface area contributed by atoms with Crippen molar-refractivity contribution in [2.24, 2.45) is 5.92 Å². The minimum Gasteiger partial charge on any atom is -0.378 e. The van der Waals surface area contributed by atoms with Crippen LogP contribution in [0.4, 0.5) is 4.39 Å². The third-order valence-corrected chi connectivity index (χ3v) is 3.72. The zero-order valence-electron chi connectivity index (χ0n) is 12.9. The minimum atomic E-state index is -0.221. The molecule has 2 rings (SSSR count). The van der Waals surface area contributed by atoms with Crippen LogP contribution in [0.5, 0.6) is 0 Å². The molecule has 3 nitrogen and oxygen atoms in total. The molecule has 4 heteroatoms. The average Bonchev–Trinajstić information content (AvgIpc) is 2.48. The van der Waals surface area contributed by atoms with E-state index in [9.17, 15) is 9.18 Å². The number of ether oxygens (including phenoxy) is 1. The van der Waals surface area contributed by atoms with Crippen LogP contribution in [0.1, 0.15) is 25.0 Å². The van der Waals surface area contributed by atoms with E-state index in [-0.39, 0.29) is 17.6 Å². The summed E-state index contributed by atoms with van der Waals surface area (Å²) in [4.78, 5) is 14.2. The normalized spacial score (nSPS) is 16.4. The van der Waals surface area contributed by atoms with Crippen LogP contribution >= 0.6 is 0 Å². The van der Waals surface area contributed by atoms with E-state index in [1.165, 1.54) is 6.07 Å². The van der Waals surface area contributed by atoms with Gasteiger partial charge in [-0.25, -0.2) is 4.39 Å². The Morgan fingerprint density at radius 2 is 2.00 bits per heavy atom. The Morgan fingerprint density at radius 3 is 2.57 bits per heavy atom. The Hall–Kier alpha value is -1.68. The molecule has 0 aromatic heterocycles. The molecular formula is C17H22FNO2. The van der Waals surface area contributed by atoms with Crippen LogP contribution in [0.2, 0.25) is 0 Å². The van der Waals surface area contributed by atoms with Gasteiger partial charge in [0.25, 0.3) is 0 Å². The Labute approximate surface area is 125 Å². The van der Waals surface area contributed by atoms with Crippen LogP contribution in [0, 0.1) is 18.7 Å². The Kier molecular flexibility index (Phi) is 5.12. The maximum absolute atomic E-state index is 13.4. The zero-order chi connectivity index (χ0) is 15.4. The van der Waals surface area contributed by atoms with Gasteiger partial charge in [-0.15, -0.1) is 0 Å². The fourth-order valence-electron chi connectivity index (χ4n) is 2.42. The highest BCUT2D eigenvalue weighted by atomic mass is 19.1. The first-order valence-corrected chi connectivity index (χ1v) is 7.34. The molecule has 1 aliphatic heterocycles. The highest BCUT2D eigenvalue weighted by Crippen LogP contribution is 2.25. The number of halogens is 1. The molecule has 0 N–H and O–H groups in total. The first-order valence-electron chi connectivity index (χ1n) is 7.34. The number of morpholine rings is 1. The first kappa shape index (κ1) is 15.7. The van der Waals surface area contributed by atoms with Crippen molar-refractivity contribution in [2.75, 3.05) is 26.3 Å². The SMILES string of the molecule is Cc1cc(/C(=C/C(=O)N2CCOCC2)C(C)C)ccc1F. The number of carbonyl (C=O) groups is 1. The number of carbonyl (C=O) groups excluding carboxylic acids is 1. The number of benzene rings is 1. The number of hydrogen-bond acceptors (Lipinski definition) is 2. The van der Waals surface area contributed by atoms with Crippen molar-refractivity contribution in [1.82, 2.24) is 4.90 Å². The maximum atomic E-state index is 13.4. The van der Waals surface area contributed by atoms with Crippen molar-refractivity contribution in [3.8, 4) is 0 Å². The highest BCUT2D eigenvalue weighted by Gasteiger charge is 2.17. The van der Waals surface area contributed by atoms with Gasteiger partial charge in [0.05, 0.1) is 13.2 Å². The van der Waals surface area contributed by atoms with Crippen molar-refractivity contribution >= 4 is 11.5 Å². The standard InChI is InChI=1S/C17H22FNO2/c1-12(2)15(14-4-5-16(18)13(3)10-14)11-17(20)19-6-8-21-9-7-19/h4-5,10-12H,6-9H2,1-3H3/b15-11+. The van der Waals surface area contributed by atoms with E-state index in [4.69, 9.17) is 4.74 Å². The molecule has 1 heterocycles. The number of nitrogens with zero attached hydrogens (tertiary/aromatic N) is 1. The first-order chi connectivity index (χ1) is 9.99. The fraction of sp³-hybridized carbons (Fsp3) is 0.471. The second-order valence-corrected chi connectivity index (χ2v) is 5.66. The summed E-state index contributed by atoms with van der Waals surface area (Å²) >= 11 is 0. The van der Waals surface area contributed by atoms with E-state index in [0.29, 0.717) is 31.9 Å². The Bertz CT molecular complexity index is 546. The number of allylic oxidation sites excluding steroid dienone is 1. The van der Waals surface area contributed by atoms with E-state index in [0.717, 1.165) is 11.1 Å². The number of amides is 1. The molecule has 1 amide bonds. The smallest absolute Gasteiger partial charge is 0.247 e. The molecule has 0 bridgehead atoms. The Morgan fingerprint density at radius 1 is 1.33 bits per heavy atom. The van der Waals surface area contributed by atoms with Crippen molar-refractivity contribution in [3.05, 3.63) is 41.2 Å². The van der Waals surface area contributed by atoms with E-state index >= 15 is 0 Å². The van der Waals surface area contributed by atoms with Gasteiger partial charge < -0.3 is 9.64 Å². The van der Waals surface area contributed by atoms with E-state index in [1.54, 1.807) is 30.0 Å². The van der Waals surface area contributed by atoms with Crippen LogP contribution < -0.4 is 0 Å². The minimum absolute atomic E-state index is 0.00368. The van der Waals surface area contributed by atoms with Gasteiger partial charge in [0.15, 0.2) is 0 Å². The predicted molar refractivity (Wildman–Crippen MR) is 81.4 cm³/mol. The second-order valence-electron chi connectivity index (χ2n) is 5.66. The molecule has 0 saturated carbocycles. The van der Waals surface area contributed by atoms with Gasteiger partial charge in [-0.3, -0.25) is 4.79 Å². The summed E-state index contributed by atoms with van der Waals surface area (Å²) in [5, 5.41) is 0. The quantitative estimate of drug-likeness (QED) is 0.801. The molecule has 0 radical (unpaired) electrons. The van der Waals surface area contributed by atoms with Crippen LogP contribution in [0.25, 0.3) is 5.57 Å². The molecule has 1 fully saturated rings. The Balaban J connectivity index is 2.26. The van der Waals surface area contributed by atoms with Crippen molar-refractivity contribution in [2.45, 2.75) is 20.8 Å². The van der Waals surface area contributed by atoms with Gasteiger partial charge in [-0.05, 0) is 41.7 Å². The summed E-state index contributed by atoms with van der Waals surface area (Å²) in [6.45, 7) is 8.25. The zero-order valence-corrected chi connectivity index (χ0v) is 12.9. The van der Waals surface area contributed by atoms with Gasteiger partial charge in [0.1, 0.15) is 5.82 Å². The average molecular weight is 291 g/mol. The lowest BCUT2D eigenvalue weighted by Gasteiger charge is -2.26. The summed E-state index contributed by atoms with van der Waals surface area (Å²) < 4.78 is 18.7. The molecular weight excluding hydrogens is 269 g/mol. The van der Waals surface area contributed by atoms with Crippen LogP contribution in [0.3, 0.4) is 0 Å². The van der Waals surface area contributed by atoms with Gasteiger partial charge in [0.2, 0.25) is 5.91 Å². The molecule has 1 saturated heterocycles. The lowest BCUT2D eigenvalue weighted by molar-refractivity contribution is -0.129. The topological polar surface area (TPSA) is 29.5 Å². The molecule has 0 unspecified atom stereocenters. The van der Waals surface area contributed by atoms with Gasteiger partial charge in [-0.2, -0.15) is 0 Å². The molecule has 1 aliphatic rings. The summed E-state index contributed by atoms with van der Waals surface area (Å²) in [6, 6.07) is 4.99. The molecule has 1 aromatic carbocycles. The number of rotatable bonds is 3. The van der Waals surface area contributed by atoms with Crippen LogP contribution in [-0.2, 0) is 9.53 Å². The van der Waals surface area contributed by atoms with Crippen LogP contribution in [0.15, 0.2) is 24.3 Å². The number of aryl methyl sites for hydroxylation is 1. The summed E-state index contributed by atoms with van der Waals surface area (Å²) in [7, 11) is 0. The van der Waals surface area contributed by atoms with Gasteiger partial charge >= 0.3 is 0 Å². The summed E-state index contributed by atoms with van der Waals surface area (Å²) in [5.74, 6) is -0.0230. The van der Waals surface area contributed by atoms with Gasteiger partial charge in [-0.1, -0.05) is 19.9 Å². The highest BCUT2D eigenvalue weighted by molar-refractivity contribution is 5.95. The lowest BCUT2D eigenvalue weighted by Crippen LogP contribution is -2.40. The van der Waals surface area contributed by atoms with E-state index < -0.39 is 0 Å².